The molecule has 0 bridgehead atoms. The van der Waals surface area contributed by atoms with Gasteiger partial charge < -0.3 is 13.9 Å². The van der Waals surface area contributed by atoms with Gasteiger partial charge in [0.1, 0.15) is 5.76 Å². The van der Waals surface area contributed by atoms with E-state index in [9.17, 15) is 5.11 Å². The summed E-state index contributed by atoms with van der Waals surface area (Å²) in [7, 11) is 0. The van der Waals surface area contributed by atoms with Crippen LogP contribution in [-0.4, -0.2) is 33.7 Å². The highest BCUT2D eigenvalue weighted by Gasteiger charge is 2.24. The zero-order valence-electron chi connectivity index (χ0n) is 14.0. The summed E-state index contributed by atoms with van der Waals surface area (Å²) >= 11 is 0. The molecule has 0 radical (unpaired) electrons. The lowest BCUT2D eigenvalue weighted by molar-refractivity contribution is 0.0757. The Hall–Kier alpha value is -1.59. The van der Waals surface area contributed by atoms with Gasteiger partial charge in [-0.2, -0.15) is 0 Å². The van der Waals surface area contributed by atoms with Gasteiger partial charge in [-0.3, -0.25) is 4.90 Å². The van der Waals surface area contributed by atoms with E-state index in [-0.39, 0.29) is 6.10 Å². The highest BCUT2D eigenvalue weighted by molar-refractivity contribution is 5.44. The van der Waals surface area contributed by atoms with E-state index in [1.54, 1.807) is 6.26 Å². The maximum atomic E-state index is 9.86. The number of nitrogens with zero attached hydrogens (tertiary/aromatic N) is 2. The molecule has 0 saturated heterocycles. The van der Waals surface area contributed by atoms with Crippen molar-refractivity contribution in [1.29, 1.82) is 0 Å². The number of aryl methyl sites for hydroxylation is 1. The molecule has 1 aliphatic carbocycles. The normalized spacial score (nSPS) is 17.7. The predicted molar refractivity (Wildman–Crippen MR) is 87.9 cm³/mol. The minimum Gasteiger partial charge on any atom is -0.459 e. The molecule has 0 aliphatic heterocycles. The van der Waals surface area contributed by atoms with Crippen LogP contribution in [0.15, 0.2) is 27.2 Å². The molecule has 2 heterocycles. The third-order valence-corrected chi connectivity index (χ3v) is 4.57. The molecule has 2 aromatic rings. The van der Waals surface area contributed by atoms with E-state index >= 15 is 0 Å². The number of hydrogen-bond donors (Lipinski definition) is 1. The molecule has 23 heavy (non-hydrogen) atoms. The second-order valence-electron chi connectivity index (χ2n) is 6.57. The van der Waals surface area contributed by atoms with Gasteiger partial charge >= 0.3 is 0 Å². The first-order valence-corrected chi connectivity index (χ1v) is 8.56. The van der Waals surface area contributed by atoms with E-state index in [4.69, 9.17) is 8.83 Å². The Kier molecular flexibility index (Phi) is 5.18. The Morgan fingerprint density at radius 3 is 2.78 bits per heavy atom. The van der Waals surface area contributed by atoms with E-state index < -0.39 is 0 Å². The Morgan fingerprint density at radius 1 is 1.35 bits per heavy atom. The molecule has 1 saturated carbocycles. The smallest absolute Gasteiger partial charge is 0.263 e. The van der Waals surface area contributed by atoms with Crippen LogP contribution in [0, 0.1) is 6.92 Å². The number of furan rings is 1. The standard InChI is InChI=1S/C18H26N2O3/c1-13(21)11-20(15-7-4-3-5-8-15)12-16-14(2)23-18(19-16)17-9-6-10-22-17/h6,9-10,13,15,21H,3-5,7-8,11-12H2,1-2H3. The third kappa shape index (κ3) is 4.03. The summed E-state index contributed by atoms with van der Waals surface area (Å²) < 4.78 is 11.1. The Labute approximate surface area is 137 Å². The number of oxazole rings is 1. The number of hydrogen-bond acceptors (Lipinski definition) is 5. The fraction of sp³-hybridized carbons (Fsp3) is 0.611. The van der Waals surface area contributed by atoms with Gasteiger partial charge in [-0.1, -0.05) is 19.3 Å². The Morgan fingerprint density at radius 2 is 2.13 bits per heavy atom. The number of aromatic nitrogens is 1. The number of aliphatic hydroxyl groups is 1. The van der Waals surface area contributed by atoms with Crippen LogP contribution in [0.3, 0.4) is 0 Å². The molecule has 2 aromatic heterocycles. The fourth-order valence-corrected chi connectivity index (χ4v) is 3.40. The van der Waals surface area contributed by atoms with Crippen LogP contribution in [0.25, 0.3) is 11.7 Å². The molecule has 5 heteroatoms. The summed E-state index contributed by atoms with van der Waals surface area (Å²) in [5.74, 6) is 2.00. The highest BCUT2D eigenvalue weighted by atomic mass is 16.4. The zero-order chi connectivity index (χ0) is 16.2. The van der Waals surface area contributed by atoms with Gasteiger partial charge in [0.15, 0.2) is 5.76 Å². The van der Waals surface area contributed by atoms with Crippen molar-refractivity contribution in [1.82, 2.24) is 9.88 Å². The first-order valence-electron chi connectivity index (χ1n) is 8.56. The molecule has 1 N–H and O–H groups in total. The lowest BCUT2D eigenvalue weighted by atomic mass is 9.94. The molecule has 5 nitrogen and oxygen atoms in total. The predicted octanol–water partition coefficient (Wildman–Crippen LogP) is 3.76. The zero-order valence-corrected chi connectivity index (χ0v) is 14.0. The van der Waals surface area contributed by atoms with Crippen LogP contribution in [0.1, 0.15) is 50.5 Å². The second kappa shape index (κ2) is 7.32. The number of aliphatic hydroxyl groups excluding tert-OH is 1. The van der Waals surface area contributed by atoms with E-state index in [0.29, 0.717) is 30.8 Å². The topological polar surface area (TPSA) is 62.6 Å². The van der Waals surface area contributed by atoms with Crippen molar-refractivity contribution >= 4 is 0 Å². The highest BCUT2D eigenvalue weighted by Crippen LogP contribution is 2.27. The van der Waals surface area contributed by atoms with Gasteiger partial charge in [0.05, 0.1) is 18.1 Å². The molecule has 0 spiro atoms. The Balaban J connectivity index is 1.76. The molecule has 126 valence electrons. The van der Waals surface area contributed by atoms with E-state index in [1.807, 2.05) is 26.0 Å². The summed E-state index contributed by atoms with van der Waals surface area (Å²) in [5.41, 5.74) is 0.933. The molecule has 0 amide bonds. The summed E-state index contributed by atoms with van der Waals surface area (Å²) in [6.45, 7) is 5.18. The van der Waals surface area contributed by atoms with Crippen LogP contribution < -0.4 is 0 Å². The van der Waals surface area contributed by atoms with Crippen molar-refractivity contribution in [2.45, 2.75) is 64.6 Å². The minimum atomic E-state index is -0.339. The van der Waals surface area contributed by atoms with Crippen molar-refractivity contribution in [3.8, 4) is 11.7 Å². The summed E-state index contributed by atoms with van der Waals surface area (Å²) in [4.78, 5) is 6.97. The SMILES string of the molecule is Cc1oc(-c2ccco2)nc1CN(CC(C)O)C1CCCCC1. The van der Waals surface area contributed by atoms with Crippen molar-refractivity contribution in [2.75, 3.05) is 6.54 Å². The molecule has 1 aliphatic rings. The molecule has 3 rings (SSSR count). The maximum Gasteiger partial charge on any atom is 0.263 e. The lowest BCUT2D eigenvalue weighted by Crippen LogP contribution is -2.40. The first-order chi connectivity index (χ1) is 11.1. The largest absolute Gasteiger partial charge is 0.459 e. The quantitative estimate of drug-likeness (QED) is 0.878. The Bertz CT molecular complexity index is 598. The van der Waals surface area contributed by atoms with Gasteiger partial charge in [-0.25, -0.2) is 4.98 Å². The van der Waals surface area contributed by atoms with Crippen molar-refractivity contribution in [3.05, 3.63) is 29.9 Å². The van der Waals surface area contributed by atoms with Gasteiger partial charge in [0.2, 0.25) is 0 Å². The average molecular weight is 318 g/mol. The minimum absolute atomic E-state index is 0.339. The lowest BCUT2D eigenvalue weighted by Gasteiger charge is -2.34. The van der Waals surface area contributed by atoms with Gasteiger partial charge in [0, 0.05) is 19.1 Å². The molecule has 1 atom stereocenters. The van der Waals surface area contributed by atoms with Crippen LogP contribution in [0.4, 0.5) is 0 Å². The second-order valence-corrected chi connectivity index (χ2v) is 6.57. The van der Waals surface area contributed by atoms with Gasteiger partial charge in [-0.15, -0.1) is 0 Å². The van der Waals surface area contributed by atoms with Crippen LogP contribution in [0.5, 0.6) is 0 Å². The van der Waals surface area contributed by atoms with E-state index in [1.165, 1.54) is 32.1 Å². The third-order valence-electron chi connectivity index (χ3n) is 4.57. The summed E-state index contributed by atoms with van der Waals surface area (Å²) in [6, 6.07) is 4.21. The van der Waals surface area contributed by atoms with Crippen molar-refractivity contribution in [2.24, 2.45) is 0 Å². The summed E-state index contributed by atoms with van der Waals surface area (Å²) in [5, 5.41) is 9.86. The molecule has 1 unspecified atom stereocenters. The van der Waals surface area contributed by atoms with Crippen LogP contribution >= 0.6 is 0 Å². The van der Waals surface area contributed by atoms with Crippen molar-refractivity contribution in [3.63, 3.8) is 0 Å². The van der Waals surface area contributed by atoms with E-state index in [2.05, 4.69) is 9.88 Å². The number of rotatable bonds is 6. The fourth-order valence-electron chi connectivity index (χ4n) is 3.40. The molecular formula is C18H26N2O3. The van der Waals surface area contributed by atoms with Crippen molar-refractivity contribution < 1.29 is 13.9 Å². The molecular weight excluding hydrogens is 292 g/mol. The van der Waals surface area contributed by atoms with Gasteiger partial charge in [0.25, 0.3) is 5.89 Å². The van der Waals surface area contributed by atoms with Crippen LogP contribution in [-0.2, 0) is 6.54 Å². The maximum absolute atomic E-state index is 9.86. The average Bonchev–Trinajstić information content (AvgIpc) is 3.17. The summed E-state index contributed by atoms with van der Waals surface area (Å²) in [6.07, 6.45) is 7.56. The monoisotopic (exact) mass is 318 g/mol. The first kappa shape index (κ1) is 16.3. The van der Waals surface area contributed by atoms with E-state index in [0.717, 1.165) is 11.5 Å². The molecule has 1 fully saturated rings. The van der Waals surface area contributed by atoms with Gasteiger partial charge in [-0.05, 0) is 38.8 Å². The van der Waals surface area contributed by atoms with Crippen LogP contribution in [0.2, 0.25) is 0 Å². The molecule has 0 aromatic carbocycles.